The number of hydrogen-bond acceptors (Lipinski definition) is 29. The number of rotatable bonds is 51. The SMILES string of the molecule is CCO[C@H]1C[C@H](O)[C@H](NC(=O)CCCCCCCCCCC(=O)NC(CCC(=O)NC(CCC(=O)NCCOCCOC2OC(CO)C(O)C(O)C2NC(C)=O)C(=O)NCCOCCOC2OC(CO)C(O)C(O)C2NC(C)=O)C(=O)NCCOCCOC2O[C@H](CO)C(O)C(O)C2NC(C)=O)C1. The van der Waals surface area contributed by atoms with Crippen LogP contribution in [0, 0.1) is 0 Å². The summed E-state index contributed by atoms with van der Waals surface area (Å²) < 4.78 is 56.0. The van der Waals surface area contributed by atoms with Crippen molar-refractivity contribution >= 4 is 53.2 Å². The number of hydrogen-bond donors (Lipinski definition) is 19. The molecule has 4 rings (SSSR count). The Hall–Kier alpha value is -5.57. The van der Waals surface area contributed by atoms with Crippen LogP contribution < -0.4 is 47.9 Å². The van der Waals surface area contributed by atoms with Crippen LogP contribution in [0.5, 0.6) is 0 Å². The van der Waals surface area contributed by atoms with E-state index in [-0.39, 0.29) is 123 Å². The molecule has 103 heavy (non-hydrogen) atoms. The second-order valence-electron chi connectivity index (χ2n) is 25.6. The fourth-order valence-corrected chi connectivity index (χ4v) is 11.9. The normalized spacial score (nSPS) is 28.3. The van der Waals surface area contributed by atoms with Gasteiger partial charge in [-0.05, 0) is 39.0 Å². The molecule has 16 unspecified atom stereocenters. The lowest BCUT2D eigenvalue weighted by atomic mass is 9.97. The van der Waals surface area contributed by atoms with Crippen LogP contribution in [0.3, 0.4) is 0 Å². The second kappa shape index (κ2) is 50.1. The molecule has 594 valence electrons. The molecule has 19 N–H and O–H groups in total. The number of amides is 9. The van der Waals surface area contributed by atoms with E-state index in [1.165, 1.54) is 20.8 Å². The van der Waals surface area contributed by atoms with Crippen LogP contribution in [-0.2, 0) is 90.5 Å². The van der Waals surface area contributed by atoms with Gasteiger partial charge in [0.1, 0.15) is 85.1 Å². The van der Waals surface area contributed by atoms with Gasteiger partial charge in [0.15, 0.2) is 18.9 Å². The van der Waals surface area contributed by atoms with Crippen molar-refractivity contribution in [3.05, 3.63) is 0 Å². The summed E-state index contributed by atoms with van der Waals surface area (Å²) in [6, 6.07) is -6.47. The lowest BCUT2D eigenvalue weighted by molar-refractivity contribution is -0.272. The van der Waals surface area contributed by atoms with Gasteiger partial charge < -0.3 is 146 Å². The third-order valence-corrected chi connectivity index (χ3v) is 17.4. The molecule has 3 aliphatic heterocycles. The molecule has 0 spiro atoms. The summed E-state index contributed by atoms with van der Waals surface area (Å²) in [5.74, 6) is -4.89. The number of ether oxygens (including phenoxy) is 10. The molecule has 0 aromatic rings. The molecular weight excluding hydrogens is 1370 g/mol. The Balaban J connectivity index is 1.32. The Morgan fingerprint density at radius 1 is 0.398 bits per heavy atom. The van der Waals surface area contributed by atoms with E-state index in [9.17, 15) is 94.2 Å². The largest absolute Gasteiger partial charge is 0.394 e. The van der Waals surface area contributed by atoms with Crippen LogP contribution >= 0.6 is 0 Å². The first kappa shape index (κ1) is 89.8. The van der Waals surface area contributed by atoms with E-state index in [0.717, 1.165) is 32.1 Å². The topological polar surface area (TPSA) is 556 Å². The molecule has 4 aliphatic rings. The molecule has 1 aliphatic carbocycles. The molecule has 0 radical (unpaired) electrons. The molecule has 20 atom stereocenters. The molecule has 0 aromatic heterocycles. The van der Waals surface area contributed by atoms with Gasteiger partial charge in [-0.3, -0.25) is 43.2 Å². The van der Waals surface area contributed by atoms with E-state index in [4.69, 9.17) is 47.4 Å². The molecule has 3 heterocycles. The van der Waals surface area contributed by atoms with Crippen LogP contribution in [0.25, 0.3) is 0 Å². The fourth-order valence-electron chi connectivity index (χ4n) is 11.9. The van der Waals surface area contributed by atoms with Crippen molar-refractivity contribution in [3.63, 3.8) is 0 Å². The van der Waals surface area contributed by atoms with Crippen LogP contribution in [0.2, 0.25) is 0 Å². The number of unbranched alkanes of at least 4 members (excludes halogenated alkanes) is 7. The van der Waals surface area contributed by atoms with Gasteiger partial charge in [0, 0.05) is 79.1 Å². The highest BCUT2D eigenvalue weighted by molar-refractivity contribution is 5.90. The highest BCUT2D eigenvalue weighted by Gasteiger charge is 2.48. The van der Waals surface area contributed by atoms with Crippen molar-refractivity contribution < 1.29 is 142 Å². The van der Waals surface area contributed by atoms with E-state index in [1.54, 1.807) is 0 Å². The zero-order chi connectivity index (χ0) is 75.8. The van der Waals surface area contributed by atoms with Gasteiger partial charge in [0.25, 0.3) is 0 Å². The lowest BCUT2D eigenvalue weighted by Gasteiger charge is -2.42. The average Bonchev–Trinajstić information content (AvgIpc) is 1.70. The molecular formula is C65H115N9O29. The Bertz CT molecular complexity index is 2520. The molecule has 4 fully saturated rings. The van der Waals surface area contributed by atoms with Crippen LogP contribution in [0.4, 0.5) is 0 Å². The number of aliphatic hydroxyl groups excluding tert-OH is 10. The Labute approximate surface area is 599 Å². The minimum absolute atomic E-state index is 0.0205. The van der Waals surface area contributed by atoms with Crippen molar-refractivity contribution in [1.82, 2.24) is 47.9 Å². The second-order valence-corrected chi connectivity index (χ2v) is 25.6. The van der Waals surface area contributed by atoms with E-state index in [0.29, 0.717) is 45.1 Å². The molecule has 9 amide bonds. The van der Waals surface area contributed by atoms with Crippen molar-refractivity contribution in [1.29, 1.82) is 0 Å². The van der Waals surface area contributed by atoms with Crippen molar-refractivity contribution in [2.75, 3.05) is 106 Å². The Morgan fingerprint density at radius 2 is 0.748 bits per heavy atom. The van der Waals surface area contributed by atoms with Gasteiger partial charge in [-0.15, -0.1) is 0 Å². The molecule has 0 bridgehead atoms. The van der Waals surface area contributed by atoms with Gasteiger partial charge in [0.05, 0.1) is 97.5 Å². The van der Waals surface area contributed by atoms with Crippen molar-refractivity contribution in [2.24, 2.45) is 0 Å². The monoisotopic (exact) mass is 1490 g/mol. The summed E-state index contributed by atoms with van der Waals surface area (Å²) in [5.41, 5.74) is 0. The Kier molecular flexibility index (Phi) is 43.7. The fraction of sp³-hybridized carbons (Fsp3) is 0.862. The lowest BCUT2D eigenvalue weighted by Crippen LogP contribution is -2.64. The summed E-state index contributed by atoms with van der Waals surface area (Å²) in [6.45, 7) is 2.88. The maximum atomic E-state index is 13.8. The zero-order valence-electron chi connectivity index (χ0n) is 59.4. The van der Waals surface area contributed by atoms with Crippen LogP contribution in [-0.4, -0.2) is 332 Å². The van der Waals surface area contributed by atoms with Crippen molar-refractivity contribution in [2.45, 2.75) is 253 Å². The molecule has 0 aromatic carbocycles. The summed E-state index contributed by atoms with van der Waals surface area (Å²) in [5, 5.41) is 125. The van der Waals surface area contributed by atoms with Gasteiger partial charge in [-0.1, -0.05) is 38.5 Å². The minimum Gasteiger partial charge on any atom is -0.394 e. The number of nitrogens with one attached hydrogen (secondary N) is 9. The highest BCUT2D eigenvalue weighted by Crippen LogP contribution is 2.26. The van der Waals surface area contributed by atoms with Gasteiger partial charge >= 0.3 is 0 Å². The first-order valence-corrected chi connectivity index (χ1v) is 35.6. The molecule has 1 saturated carbocycles. The van der Waals surface area contributed by atoms with E-state index in [1.807, 2.05) is 6.92 Å². The van der Waals surface area contributed by atoms with E-state index in [2.05, 4.69) is 47.9 Å². The summed E-state index contributed by atoms with van der Waals surface area (Å²) in [6.07, 6.45) is -10.7. The third-order valence-electron chi connectivity index (χ3n) is 17.4. The number of carbonyl (C=O) groups excluding carboxylic acids is 9. The highest BCUT2D eigenvalue weighted by atomic mass is 16.7. The molecule has 3 saturated heterocycles. The Morgan fingerprint density at radius 3 is 1.12 bits per heavy atom. The maximum Gasteiger partial charge on any atom is 0.242 e. The molecule has 38 heteroatoms. The average molecular weight is 1490 g/mol. The van der Waals surface area contributed by atoms with E-state index >= 15 is 0 Å². The van der Waals surface area contributed by atoms with Gasteiger partial charge in [-0.2, -0.15) is 0 Å². The number of aliphatic hydroxyl groups is 10. The predicted molar refractivity (Wildman–Crippen MR) is 357 cm³/mol. The van der Waals surface area contributed by atoms with Crippen LogP contribution in [0.1, 0.15) is 130 Å². The smallest absolute Gasteiger partial charge is 0.242 e. The van der Waals surface area contributed by atoms with E-state index < -0.39 is 184 Å². The standard InChI is InChI=1S/C65H115N9O29/c1-5-97-40-32-43(44(81)33-40)74-50(84)15-13-11-9-7-6-8-10-12-14-49(83)72-42(62(93)68-22-25-96-28-31-100-65-54(71-39(4)80)60(91)57(88)47(36-77)103-65)17-19-51(85)73-41(61(92)67-21-24-95-27-30-99-64-53(70-38(3)79)59(90)56(87)46(35-76)102-64)16-18-48(82)66-20-23-94-26-29-98-63-52(69-37(2)78)58(89)55(86)45(34-75)101-63/h40-47,52-60,63-65,75-77,81,86-91H,5-36H2,1-4H3,(H,66,82)(H,67,92)(H,68,93)(H,69,78)(H,70,79)(H,71,80)(H,72,83)(H,73,85)(H,74,84)/t40-,41?,42?,43-,44+,45?,46?,47-,52?,53?,54?,55?,56?,57?,58?,59?,60?,63?,64?,65?/m1/s1. The van der Waals surface area contributed by atoms with Crippen molar-refractivity contribution in [3.8, 4) is 0 Å². The van der Waals surface area contributed by atoms with Gasteiger partial charge in [0.2, 0.25) is 53.2 Å². The summed E-state index contributed by atoms with van der Waals surface area (Å²) >= 11 is 0. The quantitative estimate of drug-likeness (QED) is 0.0252. The summed E-state index contributed by atoms with van der Waals surface area (Å²) in [7, 11) is 0. The predicted octanol–water partition coefficient (Wildman–Crippen LogP) is -7.26. The number of carbonyl (C=O) groups is 9. The van der Waals surface area contributed by atoms with Gasteiger partial charge in [-0.25, -0.2) is 0 Å². The zero-order valence-corrected chi connectivity index (χ0v) is 59.4. The molecule has 38 nitrogen and oxygen atoms in total. The first-order chi connectivity index (χ1) is 49.3. The van der Waals surface area contributed by atoms with Crippen LogP contribution in [0.15, 0.2) is 0 Å². The minimum atomic E-state index is -1.54. The maximum absolute atomic E-state index is 13.8. The first-order valence-electron chi connectivity index (χ1n) is 35.6. The summed E-state index contributed by atoms with van der Waals surface area (Å²) in [4.78, 5) is 116. The third kappa shape index (κ3) is 33.4.